The minimum Gasteiger partial charge on any atom is -0.478 e. The van der Waals surface area contributed by atoms with E-state index in [9.17, 15) is 14.7 Å². The Hall–Kier alpha value is -4.91. The summed E-state index contributed by atoms with van der Waals surface area (Å²) >= 11 is 0. The van der Waals surface area contributed by atoms with Crippen molar-refractivity contribution in [2.24, 2.45) is 5.73 Å². The van der Waals surface area contributed by atoms with Crippen LogP contribution in [0.2, 0.25) is 0 Å². The summed E-state index contributed by atoms with van der Waals surface area (Å²) in [5, 5.41) is 24.2. The lowest BCUT2D eigenvalue weighted by atomic mass is 9.86. The molecule has 0 spiro atoms. The van der Waals surface area contributed by atoms with E-state index in [0.29, 0.717) is 36.2 Å². The van der Waals surface area contributed by atoms with Gasteiger partial charge in [0.25, 0.3) is 5.91 Å². The van der Waals surface area contributed by atoms with Crippen molar-refractivity contribution >= 4 is 23.4 Å². The van der Waals surface area contributed by atoms with E-state index in [1.165, 1.54) is 5.56 Å². The molecule has 4 aromatic carbocycles. The molecule has 1 amide bonds. The number of hydrogen-bond donors (Lipinski definition) is 5. The fourth-order valence-electron chi connectivity index (χ4n) is 5.31. The van der Waals surface area contributed by atoms with Crippen LogP contribution in [0.25, 0.3) is 11.1 Å². The van der Waals surface area contributed by atoms with Gasteiger partial charge in [-0.3, -0.25) is 10.2 Å². The van der Waals surface area contributed by atoms with Crippen molar-refractivity contribution in [2.75, 3.05) is 18.4 Å². The summed E-state index contributed by atoms with van der Waals surface area (Å²) in [4.78, 5) is 25.2. The van der Waals surface area contributed by atoms with Crippen molar-refractivity contribution in [3.8, 4) is 11.1 Å². The van der Waals surface area contributed by atoms with Crippen LogP contribution >= 0.6 is 0 Å². The second-order valence-electron chi connectivity index (χ2n) is 10.1. The molecule has 1 unspecified atom stereocenters. The van der Waals surface area contributed by atoms with E-state index in [4.69, 9.17) is 11.1 Å². The normalized spacial score (nSPS) is 13.8. The Balaban J connectivity index is 1.42. The number of carbonyl (C=O) groups excluding carboxylic acids is 1. The quantitative estimate of drug-likeness (QED) is 0.105. The molecule has 1 aliphatic rings. The Bertz CT molecular complexity index is 1570. The smallest absolute Gasteiger partial charge is 0.336 e. The number of carboxylic acid groups (broad SMARTS) is 1. The Morgan fingerprint density at radius 2 is 1.68 bits per heavy atom. The summed E-state index contributed by atoms with van der Waals surface area (Å²) < 4.78 is 0. The molecule has 1 aliphatic heterocycles. The number of aromatic carboxylic acids is 1. The Kier molecular flexibility index (Phi) is 7.92. The molecule has 4 aromatic rings. The van der Waals surface area contributed by atoms with Gasteiger partial charge < -0.3 is 21.5 Å². The van der Waals surface area contributed by atoms with E-state index in [1.54, 1.807) is 24.3 Å². The van der Waals surface area contributed by atoms with Gasteiger partial charge in [-0.2, -0.15) is 0 Å². The van der Waals surface area contributed by atoms with Crippen LogP contribution in [0, 0.1) is 5.41 Å². The predicted octanol–water partition coefficient (Wildman–Crippen LogP) is 5.45. The topological polar surface area (TPSA) is 128 Å². The van der Waals surface area contributed by atoms with Gasteiger partial charge in [0.2, 0.25) is 0 Å². The lowest BCUT2D eigenvalue weighted by Gasteiger charge is -2.18. The Morgan fingerprint density at radius 3 is 2.45 bits per heavy atom. The van der Waals surface area contributed by atoms with Gasteiger partial charge in [0.1, 0.15) is 5.84 Å². The van der Waals surface area contributed by atoms with Gasteiger partial charge in [0.15, 0.2) is 0 Å². The molecule has 5 rings (SSSR count). The number of benzene rings is 4. The van der Waals surface area contributed by atoms with Crippen molar-refractivity contribution < 1.29 is 14.7 Å². The molecule has 1 heterocycles. The third-order valence-electron chi connectivity index (χ3n) is 7.40. The fourth-order valence-corrected chi connectivity index (χ4v) is 5.31. The molecule has 40 heavy (non-hydrogen) atoms. The number of nitrogen functional groups attached to an aromatic ring is 1. The zero-order chi connectivity index (χ0) is 28.1. The van der Waals surface area contributed by atoms with Gasteiger partial charge >= 0.3 is 5.97 Å². The van der Waals surface area contributed by atoms with Crippen LogP contribution in [-0.4, -0.2) is 35.9 Å². The largest absolute Gasteiger partial charge is 0.478 e. The number of carbonyl (C=O) groups is 2. The summed E-state index contributed by atoms with van der Waals surface area (Å²) in [6, 6.07) is 28.3. The first-order valence-corrected chi connectivity index (χ1v) is 13.4. The van der Waals surface area contributed by atoms with E-state index < -0.39 is 5.97 Å². The van der Waals surface area contributed by atoms with Crippen molar-refractivity contribution in [1.82, 2.24) is 5.32 Å². The summed E-state index contributed by atoms with van der Waals surface area (Å²) in [5.74, 6) is -1.09. The van der Waals surface area contributed by atoms with E-state index in [-0.39, 0.29) is 23.2 Å². The zero-order valence-corrected chi connectivity index (χ0v) is 22.1. The molecule has 0 aliphatic carbocycles. The minimum absolute atomic E-state index is 0.0173. The first-order chi connectivity index (χ1) is 19.4. The van der Waals surface area contributed by atoms with Crippen LogP contribution in [0.3, 0.4) is 0 Å². The van der Waals surface area contributed by atoms with Gasteiger partial charge in [-0.05, 0) is 83.5 Å². The summed E-state index contributed by atoms with van der Waals surface area (Å²) in [5.41, 5.74) is 12.6. The Labute approximate surface area is 233 Å². The average Bonchev–Trinajstić information content (AvgIpc) is 3.37. The monoisotopic (exact) mass is 532 g/mol. The maximum Gasteiger partial charge on any atom is 0.336 e. The number of hydrogen-bond acceptors (Lipinski definition) is 4. The van der Waals surface area contributed by atoms with Crippen LogP contribution < -0.4 is 16.4 Å². The van der Waals surface area contributed by atoms with Gasteiger partial charge in [-0.25, -0.2) is 4.79 Å². The molecule has 7 heteroatoms. The molecule has 1 atom stereocenters. The molecule has 0 bridgehead atoms. The SMILES string of the molecule is N=C(N)c1ccc2c(c1)C(Cc1ccc(C(=O)NCCCc3ccccc3)cc1-c1ccccc1C(=O)O)CN2. The molecular formula is C33H32N4O3. The highest BCUT2D eigenvalue weighted by molar-refractivity contribution is 5.99. The van der Waals surface area contributed by atoms with Gasteiger partial charge in [0, 0.05) is 35.8 Å². The highest BCUT2D eigenvalue weighted by Gasteiger charge is 2.25. The number of carboxylic acids is 1. The molecule has 0 aromatic heterocycles. The lowest BCUT2D eigenvalue weighted by molar-refractivity contribution is 0.0697. The molecule has 202 valence electrons. The molecule has 0 saturated carbocycles. The summed E-state index contributed by atoms with van der Waals surface area (Å²) in [7, 11) is 0. The number of nitrogens with one attached hydrogen (secondary N) is 3. The molecular weight excluding hydrogens is 500 g/mol. The van der Waals surface area contributed by atoms with E-state index >= 15 is 0 Å². The van der Waals surface area contributed by atoms with Gasteiger partial charge in [-0.1, -0.05) is 54.6 Å². The van der Waals surface area contributed by atoms with E-state index in [0.717, 1.165) is 35.2 Å². The van der Waals surface area contributed by atoms with Crippen LogP contribution in [0.5, 0.6) is 0 Å². The highest BCUT2D eigenvalue weighted by Crippen LogP contribution is 2.37. The van der Waals surface area contributed by atoms with Crippen molar-refractivity contribution in [2.45, 2.75) is 25.2 Å². The minimum atomic E-state index is -1.02. The second kappa shape index (κ2) is 11.9. The third-order valence-corrected chi connectivity index (χ3v) is 7.40. The van der Waals surface area contributed by atoms with Crippen molar-refractivity contribution in [3.05, 3.63) is 124 Å². The number of amidine groups is 1. The number of amides is 1. The fraction of sp³-hybridized carbons (Fsp3) is 0.182. The first kappa shape index (κ1) is 26.7. The maximum absolute atomic E-state index is 13.1. The average molecular weight is 533 g/mol. The number of rotatable bonds is 10. The van der Waals surface area contributed by atoms with Crippen LogP contribution in [0.15, 0.2) is 91.0 Å². The molecule has 0 radical (unpaired) electrons. The summed E-state index contributed by atoms with van der Waals surface area (Å²) in [6.07, 6.45) is 2.32. The highest BCUT2D eigenvalue weighted by atomic mass is 16.4. The number of anilines is 1. The van der Waals surface area contributed by atoms with Gasteiger partial charge in [0.05, 0.1) is 5.56 Å². The molecule has 6 N–H and O–H groups in total. The zero-order valence-electron chi connectivity index (χ0n) is 22.1. The lowest BCUT2D eigenvalue weighted by Crippen LogP contribution is -2.25. The van der Waals surface area contributed by atoms with Crippen molar-refractivity contribution in [3.63, 3.8) is 0 Å². The Morgan fingerprint density at radius 1 is 0.925 bits per heavy atom. The van der Waals surface area contributed by atoms with E-state index in [1.807, 2.05) is 54.6 Å². The molecule has 0 fully saturated rings. The molecule has 7 nitrogen and oxygen atoms in total. The van der Waals surface area contributed by atoms with Crippen LogP contribution in [0.4, 0.5) is 5.69 Å². The number of aryl methyl sites for hydroxylation is 1. The molecule has 0 saturated heterocycles. The van der Waals surface area contributed by atoms with Gasteiger partial charge in [-0.15, -0.1) is 0 Å². The number of fused-ring (bicyclic) bond motifs is 1. The van der Waals surface area contributed by atoms with Crippen LogP contribution in [0.1, 0.15) is 55.3 Å². The first-order valence-electron chi connectivity index (χ1n) is 13.4. The van der Waals surface area contributed by atoms with Crippen molar-refractivity contribution in [1.29, 1.82) is 5.41 Å². The van der Waals surface area contributed by atoms with E-state index in [2.05, 4.69) is 22.8 Å². The van der Waals surface area contributed by atoms with Crippen LogP contribution in [-0.2, 0) is 12.8 Å². The second-order valence-corrected chi connectivity index (χ2v) is 10.1. The maximum atomic E-state index is 13.1. The standard InChI is InChI=1S/C33H32N4O3/c34-31(35)23-14-15-30-29(18-23)25(20-37-30)17-22-12-13-24(19-28(22)26-10-4-5-11-27(26)33(39)40)32(38)36-16-6-9-21-7-2-1-3-8-21/h1-5,7-8,10-15,18-19,25,37H,6,9,16-17,20H2,(H3,34,35)(H,36,38)(H,39,40). The predicted molar refractivity (Wildman–Crippen MR) is 158 cm³/mol. The third kappa shape index (κ3) is 5.89. The number of nitrogens with two attached hydrogens (primary N) is 1. The summed E-state index contributed by atoms with van der Waals surface area (Å²) in [6.45, 7) is 1.25.